The highest BCUT2D eigenvalue weighted by molar-refractivity contribution is 6.02. The lowest BCUT2D eigenvalue weighted by molar-refractivity contribution is -0.144. The average Bonchev–Trinajstić information content (AvgIpc) is 2.75. The molecule has 0 bridgehead atoms. The van der Waals surface area contributed by atoms with Crippen LogP contribution in [0.5, 0.6) is 0 Å². The minimum Gasteiger partial charge on any atom is -0.480 e. The summed E-state index contributed by atoms with van der Waals surface area (Å²) in [4.78, 5) is 70.1. The van der Waals surface area contributed by atoms with E-state index < -0.39 is 54.8 Å². The Morgan fingerprint density at radius 1 is 0.844 bits per heavy atom. The van der Waals surface area contributed by atoms with E-state index in [1.54, 1.807) is 30.3 Å². The molecular weight excluding hydrogens is 422 g/mol. The first-order chi connectivity index (χ1) is 15.1. The van der Waals surface area contributed by atoms with E-state index in [0.29, 0.717) is 0 Å². The van der Waals surface area contributed by atoms with E-state index in [1.807, 2.05) is 0 Å². The van der Waals surface area contributed by atoms with E-state index in [0.717, 1.165) is 5.56 Å². The molecule has 1 aromatic rings. The minimum absolute atomic E-state index is 0.168. The van der Waals surface area contributed by atoms with Crippen LogP contribution >= 0.6 is 0 Å². The van der Waals surface area contributed by atoms with Gasteiger partial charge in [-0.05, 0) is 19.5 Å². The summed E-state index contributed by atoms with van der Waals surface area (Å²) in [6.07, 6.45) is 0.168. The number of carboxylic acids is 1. The van der Waals surface area contributed by atoms with Gasteiger partial charge >= 0.3 is 5.97 Å². The number of amides is 4. The molecule has 0 saturated heterocycles. The summed E-state index contributed by atoms with van der Waals surface area (Å²) in [5.74, 6) is -4.51. The molecule has 12 heteroatoms. The number of ketones is 1. The molecule has 12 nitrogen and oxygen atoms in total. The summed E-state index contributed by atoms with van der Waals surface area (Å²) in [7, 11) is 1.28. The van der Waals surface area contributed by atoms with Crippen LogP contribution in [0, 0.1) is 0 Å². The standard InChI is InChI=1S/C20H27N5O7/c1-12(26)9-23-18(29)14(8-13-6-4-3-5-7-13)25-16(28)11-22-15(27)10-24-19(30)17(21-2)20(31)32/h3-7,14,17,21H,8-11H2,1-2H3,(H,22,27)(H,23,29)(H,24,30)(H,25,28)(H,31,32)/t14-,17?/m0/s1. The van der Waals surface area contributed by atoms with Crippen LogP contribution in [0.3, 0.4) is 0 Å². The molecule has 0 aliphatic rings. The quantitative estimate of drug-likeness (QED) is 0.176. The Bertz CT molecular complexity index is 844. The smallest absolute Gasteiger partial charge is 0.330 e. The highest BCUT2D eigenvalue weighted by Gasteiger charge is 2.25. The molecular formula is C20H27N5O7. The Hall–Kier alpha value is -3.80. The summed E-state index contributed by atoms with van der Waals surface area (Å²) in [5.41, 5.74) is 0.778. The first kappa shape index (κ1) is 26.2. The zero-order valence-electron chi connectivity index (χ0n) is 17.8. The van der Waals surface area contributed by atoms with Gasteiger partial charge in [0.2, 0.25) is 23.6 Å². The Labute approximate surface area is 184 Å². The maximum atomic E-state index is 12.4. The van der Waals surface area contributed by atoms with Crippen molar-refractivity contribution in [2.24, 2.45) is 0 Å². The molecule has 0 radical (unpaired) electrons. The van der Waals surface area contributed by atoms with Gasteiger partial charge in [0.05, 0.1) is 19.6 Å². The van der Waals surface area contributed by atoms with E-state index in [4.69, 9.17) is 5.11 Å². The molecule has 6 N–H and O–H groups in total. The third-order valence-electron chi connectivity index (χ3n) is 4.11. The molecule has 174 valence electrons. The number of benzene rings is 1. The van der Waals surface area contributed by atoms with Gasteiger partial charge in [-0.3, -0.25) is 29.3 Å². The number of carboxylic acid groups (broad SMARTS) is 1. The van der Waals surface area contributed by atoms with Crippen molar-refractivity contribution in [3.8, 4) is 0 Å². The van der Waals surface area contributed by atoms with Crippen LogP contribution in [-0.2, 0) is 35.2 Å². The van der Waals surface area contributed by atoms with Gasteiger partial charge in [-0.2, -0.15) is 0 Å². The molecule has 0 saturated carbocycles. The summed E-state index contributed by atoms with van der Waals surface area (Å²) >= 11 is 0. The second-order valence-corrected chi connectivity index (χ2v) is 6.78. The summed E-state index contributed by atoms with van der Waals surface area (Å²) in [5, 5.41) is 20.5. The first-order valence-electron chi connectivity index (χ1n) is 9.69. The minimum atomic E-state index is -1.52. The SMILES string of the molecule is CNC(C(=O)O)C(=O)NCC(=O)NCC(=O)N[C@@H](Cc1ccccc1)C(=O)NCC(C)=O. The van der Waals surface area contributed by atoms with Crippen molar-refractivity contribution >= 4 is 35.4 Å². The van der Waals surface area contributed by atoms with Gasteiger partial charge in [-0.15, -0.1) is 0 Å². The van der Waals surface area contributed by atoms with Crippen molar-refractivity contribution in [1.29, 1.82) is 0 Å². The van der Waals surface area contributed by atoms with Gasteiger partial charge in [-0.25, -0.2) is 4.79 Å². The van der Waals surface area contributed by atoms with Crippen LogP contribution in [0.1, 0.15) is 12.5 Å². The fraction of sp³-hybridized carbons (Fsp3) is 0.400. The summed E-state index contributed by atoms with van der Waals surface area (Å²) in [6.45, 7) is 0.119. The van der Waals surface area contributed by atoms with E-state index in [-0.39, 0.29) is 18.7 Å². The molecule has 32 heavy (non-hydrogen) atoms. The van der Waals surface area contributed by atoms with Crippen molar-refractivity contribution in [1.82, 2.24) is 26.6 Å². The van der Waals surface area contributed by atoms with Crippen LogP contribution in [0.15, 0.2) is 30.3 Å². The van der Waals surface area contributed by atoms with Crippen molar-refractivity contribution in [3.05, 3.63) is 35.9 Å². The number of hydrogen-bond donors (Lipinski definition) is 6. The maximum Gasteiger partial charge on any atom is 0.330 e. The maximum absolute atomic E-state index is 12.4. The van der Waals surface area contributed by atoms with Crippen molar-refractivity contribution < 1.29 is 33.9 Å². The molecule has 1 rings (SSSR count). The number of likely N-dealkylation sites (N-methyl/N-ethyl adjacent to an activating group) is 1. The highest BCUT2D eigenvalue weighted by atomic mass is 16.4. The van der Waals surface area contributed by atoms with Crippen molar-refractivity contribution in [3.63, 3.8) is 0 Å². The Kier molecular flexibility index (Phi) is 11.1. The van der Waals surface area contributed by atoms with Crippen LogP contribution in [0.4, 0.5) is 0 Å². The molecule has 0 aliphatic carbocycles. The number of rotatable bonds is 13. The number of Topliss-reactive ketones (excluding diaryl/α,β-unsaturated/α-hetero) is 1. The van der Waals surface area contributed by atoms with Crippen LogP contribution in [0.2, 0.25) is 0 Å². The van der Waals surface area contributed by atoms with Gasteiger partial charge in [0.1, 0.15) is 11.8 Å². The number of carbonyl (C=O) groups is 6. The predicted molar refractivity (Wildman–Crippen MR) is 112 cm³/mol. The second-order valence-electron chi connectivity index (χ2n) is 6.78. The average molecular weight is 449 g/mol. The van der Waals surface area contributed by atoms with E-state index in [2.05, 4.69) is 26.6 Å². The first-order valence-corrected chi connectivity index (χ1v) is 9.69. The number of carbonyl (C=O) groups excluding carboxylic acids is 5. The molecule has 1 aromatic carbocycles. The Balaban J connectivity index is 2.59. The zero-order valence-corrected chi connectivity index (χ0v) is 17.8. The fourth-order valence-electron chi connectivity index (χ4n) is 2.52. The van der Waals surface area contributed by atoms with Gasteiger partial charge in [0.15, 0.2) is 6.04 Å². The summed E-state index contributed by atoms with van der Waals surface area (Å²) < 4.78 is 0. The normalized spacial score (nSPS) is 12.1. The molecule has 0 heterocycles. The number of hydrogen-bond acceptors (Lipinski definition) is 7. The number of aliphatic carboxylic acids is 1. The topological polar surface area (TPSA) is 183 Å². The van der Waals surface area contributed by atoms with Gasteiger partial charge in [0, 0.05) is 6.42 Å². The molecule has 0 aliphatic heterocycles. The molecule has 0 aromatic heterocycles. The molecule has 0 fully saturated rings. The monoisotopic (exact) mass is 449 g/mol. The lowest BCUT2D eigenvalue weighted by Gasteiger charge is -2.18. The molecule has 0 spiro atoms. The van der Waals surface area contributed by atoms with Crippen LogP contribution in [0.25, 0.3) is 0 Å². The lowest BCUT2D eigenvalue weighted by atomic mass is 10.1. The predicted octanol–water partition coefficient (Wildman–Crippen LogP) is -2.68. The van der Waals surface area contributed by atoms with Crippen LogP contribution in [-0.4, -0.2) is 79.3 Å². The Morgan fingerprint density at radius 2 is 1.44 bits per heavy atom. The van der Waals surface area contributed by atoms with Gasteiger partial charge in [0.25, 0.3) is 0 Å². The second kappa shape index (κ2) is 13.5. The fourth-order valence-corrected chi connectivity index (χ4v) is 2.52. The molecule has 1 unspecified atom stereocenters. The number of nitrogens with one attached hydrogen (secondary N) is 5. The Morgan fingerprint density at radius 3 is 2.00 bits per heavy atom. The molecule has 4 amide bonds. The van der Waals surface area contributed by atoms with E-state index in [9.17, 15) is 28.8 Å². The highest BCUT2D eigenvalue weighted by Crippen LogP contribution is 2.03. The largest absolute Gasteiger partial charge is 0.480 e. The van der Waals surface area contributed by atoms with E-state index >= 15 is 0 Å². The van der Waals surface area contributed by atoms with Crippen LogP contribution < -0.4 is 26.6 Å². The zero-order chi connectivity index (χ0) is 24.1. The van der Waals surface area contributed by atoms with E-state index in [1.165, 1.54) is 14.0 Å². The third-order valence-corrected chi connectivity index (χ3v) is 4.11. The van der Waals surface area contributed by atoms with Gasteiger partial charge < -0.3 is 26.4 Å². The van der Waals surface area contributed by atoms with Crippen molar-refractivity contribution in [2.75, 3.05) is 26.7 Å². The lowest BCUT2D eigenvalue weighted by Crippen LogP contribution is -2.52. The van der Waals surface area contributed by atoms with Gasteiger partial charge in [-0.1, -0.05) is 30.3 Å². The molecule has 2 atom stereocenters. The third kappa shape index (κ3) is 9.80. The van der Waals surface area contributed by atoms with Crippen molar-refractivity contribution in [2.45, 2.75) is 25.4 Å². The summed E-state index contributed by atoms with van der Waals surface area (Å²) in [6, 6.07) is 6.41.